The Morgan fingerprint density at radius 3 is 2.86 bits per heavy atom. The maximum Gasteiger partial charge on any atom is 0.265 e. The lowest BCUT2D eigenvalue weighted by Crippen LogP contribution is -2.53. The summed E-state index contributed by atoms with van der Waals surface area (Å²) in [5.74, 6) is 0.0487. The molecule has 2 aromatic rings. The van der Waals surface area contributed by atoms with E-state index in [4.69, 9.17) is 5.73 Å². The Hall–Kier alpha value is -1.73. The Balaban J connectivity index is 1.77. The van der Waals surface area contributed by atoms with Gasteiger partial charge >= 0.3 is 0 Å². The largest absolute Gasteiger partial charge is 0.337 e. The third-order valence-electron chi connectivity index (χ3n) is 4.27. The van der Waals surface area contributed by atoms with E-state index in [0.29, 0.717) is 18.0 Å². The maximum absolute atomic E-state index is 12.7. The first-order valence-electron chi connectivity index (χ1n) is 7.36. The number of thiazole rings is 1. The van der Waals surface area contributed by atoms with E-state index in [0.717, 1.165) is 17.0 Å². The van der Waals surface area contributed by atoms with E-state index >= 15 is 0 Å². The molecule has 3 heterocycles. The zero-order valence-corrected chi connectivity index (χ0v) is 13.9. The van der Waals surface area contributed by atoms with Crippen LogP contribution in [0, 0.1) is 5.41 Å². The van der Waals surface area contributed by atoms with Gasteiger partial charge in [0.2, 0.25) is 0 Å². The van der Waals surface area contributed by atoms with Crippen LogP contribution in [-0.2, 0) is 7.05 Å². The molecule has 1 unspecified atom stereocenters. The zero-order chi connectivity index (χ0) is 15.9. The van der Waals surface area contributed by atoms with Gasteiger partial charge in [0.25, 0.3) is 5.91 Å². The fourth-order valence-corrected chi connectivity index (χ4v) is 3.60. The monoisotopic (exact) mass is 319 g/mol. The van der Waals surface area contributed by atoms with Crippen LogP contribution in [0.15, 0.2) is 18.6 Å². The van der Waals surface area contributed by atoms with Gasteiger partial charge in [-0.3, -0.25) is 9.48 Å². The number of amides is 1. The van der Waals surface area contributed by atoms with Gasteiger partial charge in [-0.05, 0) is 11.8 Å². The Morgan fingerprint density at radius 2 is 2.23 bits per heavy atom. The summed E-state index contributed by atoms with van der Waals surface area (Å²) in [4.78, 5) is 19.6. The van der Waals surface area contributed by atoms with Crippen molar-refractivity contribution < 1.29 is 4.79 Å². The first-order chi connectivity index (χ1) is 10.4. The van der Waals surface area contributed by atoms with Crippen molar-refractivity contribution in [3.8, 4) is 10.6 Å². The van der Waals surface area contributed by atoms with Crippen molar-refractivity contribution in [3.05, 3.63) is 23.5 Å². The standard InChI is InChI=1S/C15H21N5OS/c1-15(2)9-20(5-4-12(15)16)14(21)11-7-17-13(22-11)10-6-18-19(3)8-10/h6-8,12H,4-5,9,16H2,1-3H3. The smallest absolute Gasteiger partial charge is 0.265 e. The predicted octanol–water partition coefficient (Wildman–Crippen LogP) is 1.74. The summed E-state index contributed by atoms with van der Waals surface area (Å²) in [6.07, 6.45) is 6.16. The molecule has 0 aliphatic carbocycles. The van der Waals surface area contributed by atoms with E-state index < -0.39 is 0 Å². The second-order valence-corrected chi connectivity index (χ2v) is 7.57. The molecule has 0 bridgehead atoms. The van der Waals surface area contributed by atoms with Crippen LogP contribution in [0.3, 0.4) is 0 Å². The molecule has 22 heavy (non-hydrogen) atoms. The highest BCUT2D eigenvalue weighted by molar-refractivity contribution is 7.16. The summed E-state index contributed by atoms with van der Waals surface area (Å²) in [7, 11) is 1.86. The number of hydrogen-bond donors (Lipinski definition) is 1. The van der Waals surface area contributed by atoms with Gasteiger partial charge in [-0.15, -0.1) is 11.3 Å². The quantitative estimate of drug-likeness (QED) is 0.915. The van der Waals surface area contributed by atoms with Crippen LogP contribution in [0.1, 0.15) is 29.9 Å². The second-order valence-electron chi connectivity index (χ2n) is 6.54. The number of rotatable bonds is 2. The Labute approximate surface area is 133 Å². The minimum atomic E-state index is -0.0508. The third-order valence-corrected chi connectivity index (χ3v) is 5.30. The number of carbonyl (C=O) groups is 1. The van der Waals surface area contributed by atoms with Gasteiger partial charge in [-0.1, -0.05) is 13.8 Å². The van der Waals surface area contributed by atoms with E-state index in [1.54, 1.807) is 17.1 Å². The molecule has 1 aliphatic heterocycles. The average Bonchev–Trinajstić information content (AvgIpc) is 3.09. The van der Waals surface area contributed by atoms with Gasteiger partial charge in [0.05, 0.1) is 12.4 Å². The topological polar surface area (TPSA) is 77.0 Å². The SMILES string of the molecule is Cn1cc(-c2ncc(C(=O)N3CCC(N)C(C)(C)C3)s2)cn1. The fraction of sp³-hybridized carbons (Fsp3) is 0.533. The van der Waals surface area contributed by atoms with Crippen molar-refractivity contribution in [2.75, 3.05) is 13.1 Å². The number of carbonyl (C=O) groups excluding carboxylic acids is 1. The summed E-state index contributed by atoms with van der Waals surface area (Å²) in [6.45, 7) is 5.63. The van der Waals surface area contributed by atoms with Gasteiger partial charge < -0.3 is 10.6 Å². The average molecular weight is 319 g/mol. The molecule has 118 valence electrons. The van der Waals surface area contributed by atoms with Crippen molar-refractivity contribution in [1.82, 2.24) is 19.7 Å². The van der Waals surface area contributed by atoms with Crippen LogP contribution in [0.25, 0.3) is 10.6 Å². The molecule has 2 aromatic heterocycles. The Morgan fingerprint density at radius 1 is 1.45 bits per heavy atom. The highest BCUT2D eigenvalue weighted by Gasteiger charge is 2.36. The molecule has 7 heteroatoms. The molecule has 1 atom stereocenters. The molecular weight excluding hydrogens is 298 g/mol. The van der Waals surface area contributed by atoms with Crippen LogP contribution < -0.4 is 5.73 Å². The van der Waals surface area contributed by atoms with E-state index in [2.05, 4.69) is 23.9 Å². The minimum absolute atomic E-state index is 0.0487. The Bertz CT molecular complexity index is 690. The molecule has 2 N–H and O–H groups in total. The van der Waals surface area contributed by atoms with Crippen LogP contribution in [0.4, 0.5) is 0 Å². The fourth-order valence-electron chi connectivity index (χ4n) is 2.74. The molecule has 0 spiro atoms. The van der Waals surface area contributed by atoms with Crippen LogP contribution in [-0.4, -0.2) is 44.7 Å². The van der Waals surface area contributed by atoms with Crippen LogP contribution in [0.2, 0.25) is 0 Å². The summed E-state index contributed by atoms with van der Waals surface area (Å²) in [5, 5.41) is 4.96. The van der Waals surface area contributed by atoms with Crippen molar-refractivity contribution in [1.29, 1.82) is 0 Å². The summed E-state index contributed by atoms with van der Waals surface area (Å²) in [5.41, 5.74) is 7.03. The number of likely N-dealkylation sites (tertiary alicyclic amines) is 1. The first kappa shape index (κ1) is 15.2. The number of nitrogens with two attached hydrogens (primary N) is 1. The van der Waals surface area contributed by atoms with E-state index in [1.807, 2.05) is 18.1 Å². The molecule has 0 saturated carbocycles. The van der Waals surface area contributed by atoms with Gasteiger partial charge in [0, 0.05) is 37.9 Å². The van der Waals surface area contributed by atoms with E-state index in [9.17, 15) is 4.79 Å². The van der Waals surface area contributed by atoms with Crippen molar-refractivity contribution >= 4 is 17.2 Å². The molecule has 3 rings (SSSR count). The van der Waals surface area contributed by atoms with E-state index in [1.165, 1.54) is 11.3 Å². The number of hydrogen-bond acceptors (Lipinski definition) is 5. The number of piperidine rings is 1. The van der Waals surface area contributed by atoms with Gasteiger partial charge in [-0.2, -0.15) is 5.10 Å². The first-order valence-corrected chi connectivity index (χ1v) is 8.18. The lowest BCUT2D eigenvalue weighted by molar-refractivity contribution is 0.0537. The lowest BCUT2D eigenvalue weighted by Gasteiger charge is -2.42. The van der Waals surface area contributed by atoms with Gasteiger partial charge in [0.1, 0.15) is 9.88 Å². The van der Waals surface area contributed by atoms with Crippen LogP contribution in [0.5, 0.6) is 0 Å². The van der Waals surface area contributed by atoms with Crippen molar-refractivity contribution in [3.63, 3.8) is 0 Å². The zero-order valence-electron chi connectivity index (χ0n) is 13.1. The summed E-state index contributed by atoms with van der Waals surface area (Å²) >= 11 is 1.42. The molecule has 1 saturated heterocycles. The highest BCUT2D eigenvalue weighted by Crippen LogP contribution is 2.30. The molecule has 0 aromatic carbocycles. The van der Waals surface area contributed by atoms with Gasteiger partial charge in [-0.25, -0.2) is 4.98 Å². The minimum Gasteiger partial charge on any atom is -0.337 e. The highest BCUT2D eigenvalue weighted by atomic mass is 32.1. The van der Waals surface area contributed by atoms with Crippen molar-refractivity contribution in [2.45, 2.75) is 26.3 Å². The number of nitrogens with zero attached hydrogens (tertiary/aromatic N) is 4. The van der Waals surface area contributed by atoms with Gasteiger partial charge in [0.15, 0.2) is 0 Å². The molecule has 1 amide bonds. The molecule has 0 radical (unpaired) electrons. The summed E-state index contributed by atoms with van der Waals surface area (Å²) in [6, 6.07) is 0.143. The normalized spacial score (nSPS) is 21.1. The third kappa shape index (κ3) is 2.78. The number of aromatic nitrogens is 3. The lowest BCUT2D eigenvalue weighted by atomic mass is 9.79. The second kappa shape index (κ2) is 5.48. The number of aryl methyl sites for hydroxylation is 1. The molecule has 1 aliphatic rings. The Kier molecular flexibility index (Phi) is 3.78. The van der Waals surface area contributed by atoms with Crippen LogP contribution >= 0.6 is 11.3 Å². The maximum atomic E-state index is 12.7. The predicted molar refractivity (Wildman–Crippen MR) is 86.6 cm³/mol. The molecule has 6 nitrogen and oxygen atoms in total. The van der Waals surface area contributed by atoms with E-state index in [-0.39, 0.29) is 17.4 Å². The summed E-state index contributed by atoms with van der Waals surface area (Å²) < 4.78 is 1.73. The molecule has 1 fully saturated rings. The van der Waals surface area contributed by atoms with Crippen molar-refractivity contribution in [2.24, 2.45) is 18.2 Å². The molecular formula is C15H21N5OS.